The number of amides is 1. The molecule has 0 rings (SSSR count). The fourth-order valence-corrected chi connectivity index (χ4v) is 6.10. The Morgan fingerprint density at radius 1 is 0.619 bits per heavy atom. The number of aliphatic hydroxyl groups excluding tert-OH is 2. The van der Waals surface area contributed by atoms with E-state index in [0.717, 1.165) is 51.4 Å². The van der Waals surface area contributed by atoms with Crippen molar-refractivity contribution >= 4 is 16.0 Å². The summed E-state index contributed by atoms with van der Waals surface area (Å²) in [7, 11) is -4.39. The molecule has 0 bridgehead atoms. The summed E-state index contributed by atoms with van der Waals surface area (Å²) in [5, 5.41) is 23.1. The molecule has 0 aliphatic heterocycles. The van der Waals surface area contributed by atoms with Gasteiger partial charge in [-0.3, -0.25) is 9.35 Å². The van der Waals surface area contributed by atoms with Gasteiger partial charge in [0.2, 0.25) is 5.91 Å². The predicted octanol–water partition coefficient (Wildman–Crippen LogP) is 8.43. The van der Waals surface area contributed by atoms with E-state index in [1.54, 1.807) is 0 Å². The third-order valence-electron chi connectivity index (χ3n) is 8.08. The summed E-state index contributed by atoms with van der Waals surface area (Å²) in [5.41, 5.74) is 0. The van der Waals surface area contributed by atoms with Crippen molar-refractivity contribution in [3.05, 3.63) is 12.2 Å². The minimum atomic E-state index is -4.39. The smallest absolute Gasteiger partial charge is 0.266 e. The molecule has 0 saturated carbocycles. The molecule has 0 aromatic carbocycles. The zero-order valence-electron chi connectivity index (χ0n) is 27.2. The third kappa shape index (κ3) is 27.8. The van der Waals surface area contributed by atoms with E-state index in [1.807, 2.05) is 0 Å². The highest BCUT2D eigenvalue weighted by molar-refractivity contribution is 7.85. The number of allylic oxidation sites excluding steroid dienone is 2. The Morgan fingerprint density at radius 2 is 1.00 bits per heavy atom. The Hall–Kier alpha value is -0.960. The van der Waals surface area contributed by atoms with E-state index >= 15 is 0 Å². The minimum absolute atomic E-state index is 0.291. The first-order valence-corrected chi connectivity index (χ1v) is 19.1. The van der Waals surface area contributed by atoms with Gasteiger partial charge in [-0.05, 0) is 38.5 Å². The van der Waals surface area contributed by atoms with Crippen molar-refractivity contribution in [3.63, 3.8) is 0 Å². The lowest BCUT2D eigenvalue weighted by molar-refractivity contribution is -0.131. The fourth-order valence-electron chi connectivity index (χ4n) is 5.34. The van der Waals surface area contributed by atoms with Crippen molar-refractivity contribution in [1.29, 1.82) is 0 Å². The Balaban J connectivity index is 3.86. The van der Waals surface area contributed by atoms with Crippen LogP contribution < -0.4 is 5.32 Å². The lowest BCUT2D eigenvalue weighted by Crippen LogP contribution is -2.50. The Morgan fingerprint density at radius 3 is 1.43 bits per heavy atom. The average Bonchev–Trinajstić information content (AvgIpc) is 2.94. The molecule has 3 atom stereocenters. The van der Waals surface area contributed by atoms with Crippen LogP contribution in [-0.2, 0) is 14.9 Å². The van der Waals surface area contributed by atoms with E-state index in [4.69, 9.17) is 0 Å². The average molecular weight is 618 g/mol. The summed E-state index contributed by atoms with van der Waals surface area (Å²) in [6.45, 7) is 4.38. The highest BCUT2D eigenvalue weighted by atomic mass is 32.2. The maximum Gasteiger partial charge on any atom is 0.266 e. The molecule has 0 heterocycles. The molecule has 0 saturated heterocycles. The van der Waals surface area contributed by atoms with Crippen LogP contribution in [0.4, 0.5) is 0 Å². The van der Waals surface area contributed by atoms with Crippen LogP contribution in [0.5, 0.6) is 0 Å². The zero-order valence-corrected chi connectivity index (χ0v) is 28.1. The molecule has 3 unspecified atom stereocenters. The van der Waals surface area contributed by atoms with Crippen LogP contribution in [0.15, 0.2) is 12.2 Å². The molecule has 0 aromatic heterocycles. The van der Waals surface area contributed by atoms with Gasteiger partial charge < -0.3 is 15.5 Å². The summed E-state index contributed by atoms with van der Waals surface area (Å²) < 4.78 is 32.1. The van der Waals surface area contributed by atoms with Crippen LogP contribution >= 0.6 is 0 Å². The molecule has 0 aromatic rings. The van der Waals surface area contributed by atoms with Crippen molar-refractivity contribution in [2.75, 3.05) is 5.75 Å². The van der Waals surface area contributed by atoms with Gasteiger partial charge >= 0.3 is 0 Å². The molecule has 0 radical (unpaired) electrons. The second-order valence-corrected chi connectivity index (χ2v) is 13.8. The number of carbonyl (C=O) groups excluding carboxylic acids is 1. The van der Waals surface area contributed by atoms with Gasteiger partial charge in [-0.25, -0.2) is 0 Å². The van der Waals surface area contributed by atoms with Gasteiger partial charge in [-0.2, -0.15) is 8.42 Å². The van der Waals surface area contributed by atoms with Crippen LogP contribution in [0.3, 0.4) is 0 Å². The Bertz CT molecular complexity index is 742. The topological polar surface area (TPSA) is 124 Å². The number of carbonyl (C=O) groups is 1. The number of aliphatic hydroxyl groups is 2. The molecule has 42 heavy (non-hydrogen) atoms. The van der Waals surface area contributed by atoms with Gasteiger partial charge in [-0.1, -0.05) is 148 Å². The molecule has 8 heteroatoms. The lowest BCUT2D eigenvalue weighted by atomic mass is 10.0. The SMILES string of the molecule is CCCCCCCCCCCC/C=C\CCCCCCCCC(O)C(=O)NC(CS(=O)(=O)O)C(O)CCCCCCC. The minimum Gasteiger partial charge on any atom is -0.391 e. The third-order valence-corrected chi connectivity index (χ3v) is 8.86. The Labute approximate surface area is 259 Å². The van der Waals surface area contributed by atoms with Crippen molar-refractivity contribution in [2.24, 2.45) is 0 Å². The standard InChI is InChI=1S/C34H67NO6S/c1-3-5-7-9-10-11-12-13-14-15-16-17-18-19-20-21-22-23-25-27-29-33(37)34(38)35-31(30-42(39,40)41)32(36)28-26-24-8-6-4-2/h17-18,31-33,36-37H,3-16,19-30H2,1-2H3,(H,35,38)(H,39,40,41)/b18-17-. The molecule has 7 nitrogen and oxygen atoms in total. The van der Waals surface area contributed by atoms with E-state index < -0.39 is 40.0 Å². The van der Waals surface area contributed by atoms with E-state index in [0.29, 0.717) is 25.7 Å². The van der Waals surface area contributed by atoms with Crippen molar-refractivity contribution in [2.45, 2.75) is 193 Å². The first-order chi connectivity index (χ1) is 20.2. The zero-order chi connectivity index (χ0) is 31.3. The second-order valence-electron chi connectivity index (χ2n) is 12.3. The summed E-state index contributed by atoms with van der Waals surface area (Å²) in [6, 6.07) is -1.14. The van der Waals surface area contributed by atoms with Crippen molar-refractivity contribution in [3.8, 4) is 0 Å². The normalized spacial score (nSPS) is 14.3. The molecule has 0 spiro atoms. The van der Waals surface area contributed by atoms with Gasteiger partial charge in [0.15, 0.2) is 0 Å². The summed E-state index contributed by atoms with van der Waals surface area (Å²) >= 11 is 0. The van der Waals surface area contributed by atoms with E-state index in [1.165, 1.54) is 83.5 Å². The van der Waals surface area contributed by atoms with E-state index in [2.05, 4.69) is 31.3 Å². The molecule has 1 amide bonds. The molecular formula is C34H67NO6S. The maximum absolute atomic E-state index is 12.4. The second kappa shape index (κ2) is 28.8. The van der Waals surface area contributed by atoms with Crippen molar-refractivity contribution in [1.82, 2.24) is 5.32 Å². The largest absolute Gasteiger partial charge is 0.391 e. The summed E-state index contributed by atoms with van der Waals surface area (Å²) in [5.74, 6) is -1.46. The number of hydrogen-bond acceptors (Lipinski definition) is 5. The fraction of sp³-hybridized carbons (Fsp3) is 0.912. The van der Waals surface area contributed by atoms with Crippen LogP contribution in [0.1, 0.15) is 174 Å². The number of hydrogen-bond donors (Lipinski definition) is 4. The van der Waals surface area contributed by atoms with Crippen molar-refractivity contribution < 1.29 is 28.0 Å². The van der Waals surface area contributed by atoms with Gasteiger partial charge in [-0.15, -0.1) is 0 Å². The van der Waals surface area contributed by atoms with Crippen LogP contribution in [-0.4, -0.2) is 53.1 Å². The van der Waals surface area contributed by atoms with Crippen LogP contribution in [0, 0.1) is 0 Å². The number of nitrogens with one attached hydrogen (secondary N) is 1. The first kappa shape index (κ1) is 41.0. The highest BCUT2D eigenvalue weighted by Crippen LogP contribution is 2.14. The Kier molecular flexibility index (Phi) is 28.1. The molecule has 250 valence electrons. The summed E-state index contributed by atoms with van der Waals surface area (Å²) in [6.07, 6.45) is 30.0. The molecule has 0 aliphatic carbocycles. The number of unbranched alkanes of at least 4 members (excludes halogenated alkanes) is 20. The number of rotatable bonds is 31. The highest BCUT2D eigenvalue weighted by Gasteiger charge is 2.28. The van der Waals surface area contributed by atoms with E-state index in [9.17, 15) is 28.0 Å². The monoisotopic (exact) mass is 617 g/mol. The van der Waals surface area contributed by atoms with Crippen LogP contribution in [0.25, 0.3) is 0 Å². The lowest BCUT2D eigenvalue weighted by Gasteiger charge is -2.24. The van der Waals surface area contributed by atoms with Gasteiger partial charge in [0.05, 0.1) is 17.9 Å². The summed E-state index contributed by atoms with van der Waals surface area (Å²) in [4.78, 5) is 12.4. The van der Waals surface area contributed by atoms with Gasteiger partial charge in [0, 0.05) is 0 Å². The van der Waals surface area contributed by atoms with Gasteiger partial charge in [0.25, 0.3) is 10.1 Å². The maximum atomic E-state index is 12.4. The first-order valence-electron chi connectivity index (χ1n) is 17.5. The van der Waals surface area contributed by atoms with E-state index in [-0.39, 0.29) is 0 Å². The van der Waals surface area contributed by atoms with Crippen LogP contribution in [0.2, 0.25) is 0 Å². The molecule has 4 N–H and O–H groups in total. The quantitative estimate of drug-likeness (QED) is 0.0352. The molecule has 0 aliphatic rings. The molecular weight excluding hydrogens is 550 g/mol. The predicted molar refractivity (Wildman–Crippen MR) is 176 cm³/mol. The molecule has 0 fully saturated rings. The van der Waals surface area contributed by atoms with Gasteiger partial charge in [0.1, 0.15) is 6.10 Å².